The van der Waals surface area contributed by atoms with Crippen molar-refractivity contribution in [3.63, 3.8) is 0 Å². The van der Waals surface area contributed by atoms with Gasteiger partial charge in [-0.25, -0.2) is 4.79 Å². The fourth-order valence-electron chi connectivity index (χ4n) is 3.63. The van der Waals surface area contributed by atoms with E-state index in [0.29, 0.717) is 6.42 Å². The lowest BCUT2D eigenvalue weighted by Crippen LogP contribution is -2.46. The zero-order valence-electron chi connectivity index (χ0n) is 14.1. The van der Waals surface area contributed by atoms with Gasteiger partial charge in [0.25, 0.3) is 5.91 Å². The summed E-state index contributed by atoms with van der Waals surface area (Å²) in [5.41, 5.74) is 1.27. The molecule has 0 radical (unpaired) electrons. The van der Waals surface area contributed by atoms with Gasteiger partial charge in [-0.1, -0.05) is 17.7 Å². The average molecular weight is 356 g/mol. The quantitative estimate of drug-likeness (QED) is 0.856. The van der Waals surface area contributed by atoms with E-state index in [1.165, 1.54) is 9.78 Å². The Bertz CT molecular complexity index is 814. The van der Waals surface area contributed by atoms with Gasteiger partial charge in [-0.2, -0.15) is 0 Å². The lowest BCUT2D eigenvalue weighted by molar-refractivity contribution is -0.132. The van der Waals surface area contributed by atoms with Crippen molar-refractivity contribution in [3.8, 4) is 5.75 Å². The Balaban J connectivity index is 1.46. The van der Waals surface area contributed by atoms with Crippen molar-refractivity contribution in [1.29, 1.82) is 0 Å². The highest BCUT2D eigenvalue weighted by Gasteiger charge is 2.54. The normalized spacial score (nSPS) is 22.2. The number of carbonyl (C=O) groups is 2. The van der Waals surface area contributed by atoms with Crippen LogP contribution in [0.2, 0.25) is 0 Å². The molecule has 130 valence electrons. The maximum atomic E-state index is 13.0. The Labute approximate surface area is 150 Å². The third kappa shape index (κ3) is 2.70. The number of hydrogen-bond acceptors (Lipinski definition) is 4. The summed E-state index contributed by atoms with van der Waals surface area (Å²) in [7, 11) is 0. The molecule has 0 saturated carbocycles. The average Bonchev–Trinajstić information content (AvgIpc) is 3.17. The van der Waals surface area contributed by atoms with Crippen LogP contribution in [0.5, 0.6) is 5.75 Å². The predicted octanol–water partition coefficient (Wildman–Crippen LogP) is 3.22. The first-order chi connectivity index (χ1) is 12.1. The van der Waals surface area contributed by atoms with Crippen molar-refractivity contribution in [3.05, 3.63) is 51.7 Å². The molecule has 1 aliphatic carbocycles. The van der Waals surface area contributed by atoms with Crippen LogP contribution in [0.3, 0.4) is 0 Å². The van der Waals surface area contributed by atoms with Crippen molar-refractivity contribution in [1.82, 2.24) is 10.2 Å². The molecule has 1 fully saturated rings. The second kappa shape index (κ2) is 6.19. The van der Waals surface area contributed by atoms with Crippen LogP contribution in [0, 0.1) is 6.92 Å². The minimum absolute atomic E-state index is 0.149. The summed E-state index contributed by atoms with van der Waals surface area (Å²) in [6, 6.07) is 9.37. The van der Waals surface area contributed by atoms with Crippen LogP contribution in [0.1, 0.15) is 28.8 Å². The number of carbonyl (C=O) groups excluding carboxylic acids is 2. The van der Waals surface area contributed by atoms with Gasteiger partial charge >= 0.3 is 6.03 Å². The summed E-state index contributed by atoms with van der Waals surface area (Å²) >= 11 is 1.66. The summed E-state index contributed by atoms with van der Waals surface area (Å²) in [6.45, 7) is 2.55. The molecule has 0 unspecified atom stereocenters. The second-order valence-electron chi connectivity index (χ2n) is 6.56. The lowest BCUT2D eigenvalue weighted by Gasteiger charge is -2.31. The van der Waals surface area contributed by atoms with Gasteiger partial charge in [0.2, 0.25) is 0 Å². The van der Waals surface area contributed by atoms with Gasteiger partial charge in [-0.3, -0.25) is 9.69 Å². The Morgan fingerprint density at radius 3 is 2.84 bits per heavy atom. The monoisotopic (exact) mass is 356 g/mol. The number of thiophene rings is 1. The van der Waals surface area contributed by atoms with E-state index in [4.69, 9.17) is 4.74 Å². The standard InChI is InChI=1S/C19H20N2O3S/c1-13-4-6-14(7-5-13)24-11-10-21-17(22)19(20-18(21)23)9-2-3-16-15(19)8-12-25-16/h4-8,12H,2-3,9-11H2,1H3,(H,20,23)/t19-/m1/s1. The largest absolute Gasteiger partial charge is 0.492 e. The molecule has 1 aromatic carbocycles. The van der Waals surface area contributed by atoms with Gasteiger partial charge in [0, 0.05) is 10.4 Å². The van der Waals surface area contributed by atoms with E-state index in [0.717, 1.165) is 29.7 Å². The lowest BCUT2D eigenvalue weighted by atomic mass is 9.80. The second-order valence-corrected chi connectivity index (χ2v) is 7.57. The number of fused-ring (bicyclic) bond motifs is 2. The molecule has 6 heteroatoms. The van der Waals surface area contributed by atoms with Crippen LogP contribution in [0.15, 0.2) is 35.7 Å². The Morgan fingerprint density at radius 1 is 1.24 bits per heavy atom. The number of nitrogens with one attached hydrogen (secondary N) is 1. The molecular weight excluding hydrogens is 336 g/mol. The molecule has 0 bridgehead atoms. The molecular formula is C19H20N2O3S. The Hall–Kier alpha value is -2.34. The summed E-state index contributed by atoms with van der Waals surface area (Å²) in [6.07, 6.45) is 2.55. The molecule has 2 aliphatic rings. The first-order valence-corrected chi connectivity index (χ1v) is 9.38. The van der Waals surface area contributed by atoms with E-state index in [-0.39, 0.29) is 25.1 Å². The fraction of sp³-hybridized carbons (Fsp3) is 0.368. The first kappa shape index (κ1) is 16.1. The van der Waals surface area contributed by atoms with E-state index in [9.17, 15) is 9.59 Å². The van der Waals surface area contributed by atoms with Gasteiger partial charge in [0.05, 0.1) is 6.54 Å². The Kier molecular flexibility index (Phi) is 4.00. The van der Waals surface area contributed by atoms with Crippen molar-refractivity contribution in [2.24, 2.45) is 0 Å². The van der Waals surface area contributed by atoms with E-state index in [1.54, 1.807) is 11.3 Å². The van der Waals surface area contributed by atoms with Crippen LogP contribution < -0.4 is 10.1 Å². The Morgan fingerprint density at radius 2 is 2.04 bits per heavy atom. The highest BCUT2D eigenvalue weighted by molar-refractivity contribution is 7.10. The zero-order chi connectivity index (χ0) is 17.4. The topological polar surface area (TPSA) is 58.6 Å². The molecule has 25 heavy (non-hydrogen) atoms. The molecule has 1 N–H and O–H groups in total. The maximum Gasteiger partial charge on any atom is 0.325 e. The number of imide groups is 1. The van der Waals surface area contributed by atoms with Crippen LogP contribution >= 0.6 is 11.3 Å². The molecule has 3 amide bonds. The third-order valence-electron chi connectivity index (χ3n) is 4.94. The summed E-state index contributed by atoms with van der Waals surface area (Å²) in [5.74, 6) is 0.592. The minimum atomic E-state index is -0.867. The van der Waals surface area contributed by atoms with Crippen LogP contribution in [-0.2, 0) is 16.8 Å². The molecule has 2 aromatic rings. The summed E-state index contributed by atoms with van der Waals surface area (Å²) < 4.78 is 5.68. The van der Waals surface area contributed by atoms with Crippen molar-refractivity contribution >= 4 is 23.3 Å². The van der Waals surface area contributed by atoms with Gasteiger partial charge in [0.1, 0.15) is 17.9 Å². The number of ether oxygens (including phenoxy) is 1. The van der Waals surface area contributed by atoms with Gasteiger partial charge in [-0.15, -0.1) is 11.3 Å². The van der Waals surface area contributed by atoms with Gasteiger partial charge < -0.3 is 10.1 Å². The zero-order valence-corrected chi connectivity index (χ0v) is 14.9. The summed E-state index contributed by atoms with van der Waals surface area (Å²) in [4.78, 5) is 27.9. The van der Waals surface area contributed by atoms with Crippen LogP contribution in [0.25, 0.3) is 0 Å². The van der Waals surface area contributed by atoms with Crippen LogP contribution in [-0.4, -0.2) is 30.0 Å². The molecule has 1 spiro atoms. The SMILES string of the molecule is Cc1ccc(OCCN2C(=O)N[C@@]3(CCCc4sccc43)C2=O)cc1. The van der Waals surface area contributed by atoms with Crippen molar-refractivity contribution in [2.75, 3.05) is 13.2 Å². The number of hydrogen-bond donors (Lipinski definition) is 1. The fourth-order valence-corrected chi connectivity index (χ4v) is 4.63. The molecule has 1 aliphatic heterocycles. The highest BCUT2D eigenvalue weighted by Crippen LogP contribution is 2.41. The van der Waals surface area contributed by atoms with Crippen LogP contribution in [0.4, 0.5) is 4.79 Å². The number of urea groups is 1. The minimum Gasteiger partial charge on any atom is -0.492 e. The van der Waals surface area contributed by atoms with Crippen molar-refractivity contribution in [2.45, 2.75) is 31.7 Å². The highest BCUT2D eigenvalue weighted by atomic mass is 32.1. The molecule has 1 atom stereocenters. The van der Waals surface area contributed by atoms with E-state index >= 15 is 0 Å². The molecule has 1 aromatic heterocycles. The predicted molar refractivity (Wildman–Crippen MR) is 95.9 cm³/mol. The first-order valence-electron chi connectivity index (χ1n) is 8.50. The third-order valence-corrected chi connectivity index (χ3v) is 5.92. The van der Waals surface area contributed by atoms with E-state index in [1.807, 2.05) is 42.6 Å². The number of amides is 3. The summed E-state index contributed by atoms with van der Waals surface area (Å²) in [5, 5.41) is 4.96. The molecule has 2 heterocycles. The number of aryl methyl sites for hydroxylation is 2. The number of nitrogens with zero attached hydrogens (tertiary/aromatic N) is 1. The van der Waals surface area contributed by atoms with E-state index in [2.05, 4.69) is 5.32 Å². The van der Waals surface area contributed by atoms with Gasteiger partial charge in [-0.05, 0) is 49.8 Å². The number of rotatable bonds is 4. The maximum absolute atomic E-state index is 13.0. The van der Waals surface area contributed by atoms with Gasteiger partial charge in [0.15, 0.2) is 0 Å². The molecule has 4 rings (SSSR count). The molecule has 1 saturated heterocycles. The van der Waals surface area contributed by atoms with Crippen molar-refractivity contribution < 1.29 is 14.3 Å². The number of benzene rings is 1. The smallest absolute Gasteiger partial charge is 0.325 e. The molecule has 5 nitrogen and oxygen atoms in total. The van der Waals surface area contributed by atoms with E-state index < -0.39 is 5.54 Å².